The molecule has 1 atom stereocenters. The van der Waals surface area contributed by atoms with Crippen molar-refractivity contribution in [3.05, 3.63) is 24.2 Å². The Labute approximate surface area is 196 Å². The van der Waals surface area contributed by atoms with Crippen LogP contribution >= 0.6 is 11.8 Å². The van der Waals surface area contributed by atoms with Gasteiger partial charge in [-0.1, -0.05) is 25.6 Å². The van der Waals surface area contributed by atoms with Crippen LogP contribution in [0.3, 0.4) is 0 Å². The summed E-state index contributed by atoms with van der Waals surface area (Å²) in [5, 5.41) is 12.6. The van der Waals surface area contributed by atoms with Gasteiger partial charge in [0.05, 0.1) is 18.6 Å². The molecule has 1 unspecified atom stereocenters. The first-order chi connectivity index (χ1) is 15.8. The molecule has 0 aromatic carbocycles. The SMILES string of the molecule is CCC1(C)NC(=O)N(NC(=O)CSc2nnc(N3CCC(C)CC3)n2Cc2ccco2)C1=O. The number of piperidine rings is 1. The zero-order valence-corrected chi connectivity index (χ0v) is 19.9. The van der Waals surface area contributed by atoms with Crippen molar-refractivity contribution >= 4 is 35.6 Å². The Morgan fingerprint density at radius 1 is 1.33 bits per heavy atom. The molecule has 2 aliphatic heterocycles. The van der Waals surface area contributed by atoms with Crippen LogP contribution in [0.5, 0.6) is 0 Å². The van der Waals surface area contributed by atoms with Crippen LogP contribution in [0.25, 0.3) is 0 Å². The van der Waals surface area contributed by atoms with Crippen LogP contribution < -0.4 is 15.6 Å². The molecule has 0 saturated carbocycles. The standard InChI is InChI=1S/C21H29N7O4S/c1-4-21(3)17(30)28(19(31)22-21)25-16(29)13-33-20-24-23-18(26-9-7-14(2)8-10-26)27(20)12-15-6-5-11-32-15/h5-6,11,14H,4,7-10,12-13H2,1-3H3,(H,22,31)(H,25,29). The van der Waals surface area contributed by atoms with Crippen molar-refractivity contribution in [1.82, 2.24) is 30.5 Å². The lowest BCUT2D eigenvalue weighted by atomic mass is 10.00. The van der Waals surface area contributed by atoms with Crippen LogP contribution in [0.2, 0.25) is 0 Å². The van der Waals surface area contributed by atoms with E-state index in [4.69, 9.17) is 4.42 Å². The van der Waals surface area contributed by atoms with E-state index in [2.05, 4.69) is 32.8 Å². The van der Waals surface area contributed by atoms with Crippen LogP contribution in [0.15, 0.2) is 28.0 Å². The van der Waals surface area contributed by atoms with Crippen molar-refractivity contribution in [2.45, 2.75) is 57.3 Å². The zero-order chi connectivity index (χ0) is 23.6. The van der Waals surface area contributed by atoms with Gasteiger partial charge in [0.25, 0.3) is 5.91 Å². The van der Waals surface area contributed by atoms with Crippen LogP contribution in [0.1, 0.15) is 45.8 Å². The number of hydrogen-bond acceptors (Lipinski definition) is 8. The van der Waals surface area contributed by atoms with Gasteiger partial charge < -0.3 is 14.6 Å². The fraction of sp³-hybridized carbons (Fsp3) is 0.571. The summed E-state index contributed by atoms with van der Waals surface area (Å²) in [6.45, 7) is 7.91. The zero-order valence-electron chi connectivity index (χ0n) is 19.0. The van der Waals surface area contributed by atoms with Crippen molar-refractivity contribution in [3.63, 3.8) is 0 Å². The van der Waals surface area contributed by atoms with Crippen LogP contribution in [-0.4, -0.2) is 62.0 Å². The highest BCUT2D eigenvalue weighted by atomic mass is 32.2. The topological polar surface area (TPSA) is 126 Å². The van der Waals surface area contributed by atoms with E-state index < -0.39 is 23.4 Å². The van der Waals surface area contributed by atoms with Crippen molar-refractivity contribution in [2.75, 3.05) is 23.7 Å². The van der Waals surface area contributed by atoms with Gasteiger partial charge >= 0.3 is 6.03 Å². The quantitative estimate of drug-likeness (QED) is 0.439. The Morgan fingerprint density at radius 3 is 2.73 bits per heavy atom. The fourth-order valence-corrected chi connectivity index (χ4v) is 4.57. The second-order valence-electron chi connectivity index (χ2n) is 8.70. The number of anilines is 1. The largest absolute Gasteiger partial charge is 0.467 e. The molecule has 2 N–H and O–H groups in total. The molecule has 2 aromatic rings. The Bertz CT molecular complexity index is 1020. The number of thioether (sulfide) groups is 1. The number of carbonyl (C=O) groups excluding carboxylic acids is 3. The number of furan rings is 1. The summed E-state index contributed by atoms with van der Waals surface area (Å²) in [5.41, 5.74) is 1.39. The molecule has 4 heterocycles. The first-order valence-corrected chi connectivity index (χ1v) is 12.1. The third-order valence-corrected chi connectivity index (χ3v) is 7.16. The molecule has 0 bridgehead atoms. The summed E-state index contributed by atoms with van der Waals surface area (Å²) in [6, 6.07) is 3.07. The minimum atomic E-state index is -1.01. The lowest BCUT2D eigenvalue weighted by Crippen LogP contribution is -2.49. The number of rotatable bonds is 8. The maximum atomic E-state index is 12.5. The monoisotopic (exact) mass is 475 g/mol. The number of imide groups is 1. The van der Waals surface area contributed by atoms with Crippen molar-refractivity contribution < 1.29 is 18.8 Å². The van der Waals surface area contributed by atoms with Gasteiger partial charge in [0.2, 0.25) is 11.9 Å². The number of amides is 4. The number of urea groups is 1. The summed E-state index contributed by atoms with van der Waals surface area (Å²) in [5.74, 6) is 1.19. The fourth-order valence-electron chi connectivity index (χ4n) is 3.84. The van der Waals surface area contributed by atoms with Gasteiger partial charge in [-0.05, 0) is 44.2 Å². The molecule has 2 fully saturated rings. The van der Waals surface area contributed by atoms with Crippen molar-refractivity contribution in [2.24, 2.45) is 5.92 Å². The van der Waals surface area contributed by atoms with Gasteiger partial charge in [-0.3, -0.25) is 19.6 Å². The van der Waals surface area contributed by atoms with Gasteiger partial charge in [0.15, 0.2) is 5.16 Å². The van der Waals surface area contributed by atoms with Crippen LogP contribution in [0.4, 0.5) is 10.7 Å². The molecule has 2 aliphatic rings. The molecule has 0 aliphatic carbocycles. The molecule has 4 rings (SSSR count). The molecule has 2 saturated heterocycles. The highest BCUT2D eigenvalue weighted by Gasteiger charge is 2.47. The van der Waals surface area contributed by atoms with E-state index in [0.29, 0.717) is 24.0 Å². The summed E-state index contributed by atoms with van der Waals surface area (Å²) >= 11 is 1.19. The average molecular weight is 476 g/mol. The lowest BCUT2D eigenvalue weighted by Gasteiger charge is -2.31. The smallest absolute Gasteiger partial charge is 0.344 e. The normalized spacial score (nSPS) is 21.5. The number of nitrogens with zero attached hydrogens (tertiary/aromatic N) is 5. The molecule has 12 heteroatoms. The molecule has 0 spiro atoms. The van der Waals surface area contributed by atoms with E-state index in [1.54, 1.807) is 20.1 Å². The first kappa shape index (κ1) is 23.1. The molecular weight excluding hydrogens is 446 g/mol. The molecule has 0 radical (unpaired) electrons. The van der Waals surface area contributed by atoms with E-state index in [0.717, 1.165) is 42.6 Å². The molecular formula is C21H29N7O4S. The first-order valence-electron chi connectivity index (χ1n) is 11.1. The van der Waals surface area contributed by atoms with Gasteiger partial charge in [-0.2, -0.15) is 5.01 Å². The average Bonchev–Trinajstić information content (AvgIpc) is 3.50. The van der Waals surface area contributed by atoms with Gasteiger partial charge in [0, 0.05) is 13.1 Å². The third-order valence-electron chi connectivity index (χ3n) is 6.19. The second kappa shape index (κ2) is 9.46. The summed E-state index contributed by atoms with van der Waals surface area (Å²) in [4.78, 5) is 39.4. The minimum absolute atomic E-state index is 0.0345. The van der Waals surface area contributed by atoms with Crippen molar-refractivity contribution in [1.29, 1.82) is 0 Å². The van der Waals surface area contributed by atoms with E-state index in [1.807, 2.05) is 16.7 Å². The molecule has 33 heavy (non-hydrogen) atoms. The Kier molecular flexibility index (Phi) is 6.63. The maximum Gasteiger partial charge on any atom is 0.344 e. The number of hydrogen-bond donors (Lipinski definition) is 2. The number of carbonyl (C=O) groups is 3. The summed E-state index contributed by atoms with van der Waals surface area (Å²) in [7, 11) is 0. The second-order valence-corrected chi connectivity index (χ2v) is 9.64. The van der Waals surface area contributed by atoms with E-state index >= 15 is 0 Å². The number of hydrazine groups is 1. The third kappa shape index (κ3) is 4.85. The Balaban J connectivity index is 1.44. The molecule has 2 aromatic heterocycles. The highest BCUT2D eigenvalue weighted by molar-refractivity contribution is 7.99. The molecule has 178 valence electrons. The minimum Gasteiger partial charge on any atom is -0.467 e. The Hall–Kier alpha value is -3.02. The predicted octanol–water partition coefficient (Wildman–Crippen LogP) is 2.00. The van der Waals surface area contributed by atoms with Crippen LogP contribution in [0, 0.1) is 5.92 Å². The highest BCUT2D eigenvalue weighted by Crippen LogP contribution is 2.27. The summed E-state index contributed by atoms with van der Waals surface area (Å²) in [6.07, 6.45) is 4.21. The van der Waals surface area contributed by atoms with E-state index in [9.17, 15) is 14.4 Å². The molecule has 11 nitrogen and oxygen atoms in total. The Morgan fingerprint density at radius 2 is 2.09 bits per heavy atom. The summed E-state index contributed by atoms with van der Waals surface area (Å²) < 4.78 is 7.46. The maximum absolute atomic E-state index is 12.5. The van der Waals surface area contributed by atoms with E-state index in [1.165, 1.54) is 11.8 Å². The van der Waals surface area contributed by atoms with E-state index in [-0.39, 0.29) is 5.75 Å². The number of nitrogens with one attached hydrogen (secondary N) is 2. The predicted molar refractivity (Wildman–Crippen MR) is 121 cm³/mol. The molecule has 4 amide bonds. The van der Waals surface area contributed by atoms with Crippen LogP contribution in [-0.2, 0) is 16.1 Å². The van der Waals surface area contributed by atoms with Gasteiger partial charge in [0.1, 0.15) is 11.3 Å². The van der Waals surface area contributed by atoms with Crippen molar-refractivity contribution in [3.8, 4) is 0 Å². The lowest BCUT2D eigenvalue weighted by molar-refractivity contribution is -0.137. The van der Waals surface area contributed by atoms with Gasteiger partial charge in [-0.15, -0.1) is 10.2 Å². The number of aromatic nitrogens is 3. The van der Waals surface area contributed by atoms with Gasteiger partial charge in [-0.25, -0.2) is 4.79 Å².